The van der Waals surface area contributed by atoms with Crippen LogP contribution in [0.2, 0.25) is 0 Å². The van der Waals surface area contributed by atoms with Crippen molar-refractivity contribution in [2.45, 2.75) is 6.92 Å². The first-order valence-electron chi connectivity index (χ1n) is 5.17. The topological polar surface area (TPSA) is 39.2 Å². The molecule has 0 radical (unpaired) electrons. The second-order valence-corrected chi connectivity index (χ2v) is 3.69. The van der Waals surface area contributed by atoms with Gasteiger partial charge in [-0.25, -0.2) is 4.98 Å². The first-order valence-corrected chi connectivity index (χ1v) is 5.17. The van der Waals surface area contributed by atoms with Gasteiger partial charge in [0.25, 0.3) is 0 Å². The van der Waals surface area contributed by atoms with Crippen LogP contribution in [0.5, 0.6) is 5.88 Å². The number of benzene rings is 1. The normalized spacial score (nSPS) is 9.88. The summed E-state index contributed by atoms with van der Waals surface area (Å²) in [6.45, 7) is 2.09. The van der Waals surface area contributed by atoms with Crippen molar-refractivity contribution < 1.29 is 9.53 Å². The third-order valence-corrected chi connectivity index (χ3v) is 2.39. The van der Waals surface area contributed by atoms with Crippen molar-refractivity contribution in [3.63, 3.8) is 0 Å². The van der Waals surface area contributed by atoms with Gasteiger partial charge >= 0.3 is 0 Å². The average molecular weight is 225 g/mol. The molecule has 0 fully saturated rings. The molecule has 0 bridgehead atoms. The second-order valence-electron chi connectivity index (χ2n) is 3.69. The van der Waals surface area contributed by atoms with E-state index in [1.165, 1.54) is 0 Å². The number of rotatable bonds is 3. The third-order valence-electron chi connectivity index (χ3n) is 2.39. The van der Waals surface area contributed by atoms with Crippen molar-refractivity contribution in [3.05, 3.63) is 35.4 Å². The Kier molecular flexibility index (Phi) is 3.06. The van der Waals surface area contributed by atoms with E-state index in [2.05, 4.69) is 10.9 Å². The molecule has 0 spiro atoms. The minimum atomic E-state index is 0.102. The van der Waals surface area contributed by atoms with Crippen molar-refractivity contribution in [1.82, 2.24) is 4.98 Å². The Labute approximate surface area is 99.4 Å². The molecule has 0 N–H and O–H groups in total. The van der Waals surface area contributed by atoms with E-state index in [1.54, 1.807) is 6.07 Å². The minimum Gasteiger partial charge on any atom is -0.464 e. The minimum absolute atomic E-state index is 0.102. The molecule has 0 unspecified atom stereocenters. The van der Waals surface area contributed by atoms with E-state index >= 15 is 0 Å². The molecular formula is C14H11NO2. The predicted octanol–water partition coefficient (Wildman–Crippen LogP) is 2.37. The maximum atomic E-state index is 10.9. The molecule has 0 amide bonds. The first-order chi connectivity index (χ1) is 8.24. The zero-order chi connectivity index (χ0) is 12.3. The molecule has 0 atom stereocenters. The molecule has 2 rings (SSSR count). The summed E-state index contributed by atoms with van der Waals surface area (Å²) in [7, 11) is 0. The number of ether oxygens (including phenoxy) is 1. The Morgan fingerprint density at radius 1 is 1.47 bits per heavy atom. The van der Waals surface area contributed by atoms with E-state index in [0.717, 1.165) is 22.8 Å². The molecule has 0 aliphatic rings. The lowest BCUT2D eigenvalue weighted by Gasteiger charge is -2.06. The molecule has 0 aliphatic heterocycles. The van der Waals surface area contributed by atoms with E-state index in [0.29, 0.717) is 5.56 Å². The van der Waals surface area contributed by atoms with Crippen LogP contribution in [0.1, 0.15) is 15.9 Å². The maximum absolute atomic E-state index is 10.9. The lowest BCUT2D eigenvalue weighted by molar-refractivity contribution is 0.111. The summed E-state index contributed by atoms with van der Waals surface area (Å²) < 4.78 is 5.25. The van der Waals surface area contributed by atoms with Crippen LogP contribution in [0.4, 0.5) is 0 Å². The van der Waals surface area contributed by atoms with Crippen molar-refractivity contribution in [1.29, 1.82) is 0 Å². The van der Waals surface area contributed by atoms with E-state index < -0.39 is 0 Å². The molecule has 1 heterocycles. The second kappa shape index (κ2) is 4.67. The van der Waals surface area contributed by atoms with Gasteiger partial charge in [-0.3, -0.25) is 4.79 Å². The van der Waals surface area contributed by atoms with Gasteiger partial charge in [-0.2, -0.15) is 0 Å². The highest BCUT2D eigenvalue weighted by Gasteiger charge is 2.07. The van der Waals surface area contributed by atoms with E-state index in [-0.39, 0.29) is 12.5 Å². The zero-order valence-corrected chi connectivity index (χ0v) is 9.43. The van der Waals surface area contributed by atoms with Gasteiger partial charge < -0.3 is 4.74 Å². The number of hydrogen-bond donors (Lipinski definition) is 0. The fourth-order valence-corrected chi connectivity index (χ4v) is 1.59. The van der Waals surface area contributed by atoms with Gasteiger partial charge in [0, 0.05) is 5.39 Å². The standard InChI is InChI=1S/C14H11NO2/c1-3-6-17-14-12(9-16)8-11-5-4-10(2)7-13(11)15-14/h1,4-5,7-9H,6H2,2H3. The smallest absolute Gasteiger partial charge is 0.225 e. The molecule has 2 aromatic rings. The zero-order valence-electron chi connectivity index (χ0n) is 9.43. The summed E-state index contributed by atoms with van der Waals surface area (Å²) in [5, 5.41) is 0.908. The predicted molar refractivity (Wildman–Crippen MR) is 66.2 cm³/mol. The van der Waals surface area contributed by atoms with Gasteiger partial charge in [0.2, 0.25) is 5.88 Å². The van der Waals surface area contributed by atoms with Gasteiger partial charge in [-0.1, -0.05) is 18.1 Å². The van der Waals surface area contributed by atoms with Crippen LogP contribution in [0.25, 0.3) is 10.9 Å². The summed E-state index contributed by atoms with van der Waals surface area (Å²) >= 11 is 0. The van der Waals surface area contributed by atoms with Crippen LogP contribution in [-0.2, 0) is 0 Å². The maximum Gasteiger partial charge on any atom is 0.225 e. The van der Waals surface area contributed by atoms with E-state index in [1.807, 2.05) is 25.1 Å². The Morgan fingerprint density at radius 3 is 3.00 bits per heavy atom. The van der Waals surface area contributed by atoms with Gasteiger partial charge in [0.1, 0.15) is 0 Å². The molecule has 0 saturated heterocycles. The average Bonchev–Trinajstić information content (AvgIpc) is 2.35. The van der Waals surface area contributed by atoms with Gasteiger partial charge in [0.15, 0.2) is 12.9 Å². The third kappa shape index (κ3) is 2.26. The summed E-state index contributed by atoms with van der Waals surface area (Å²) in [6, 6.07) is 7.59. The number of pyridine rings is 1. The van der Waals surface area contributed by atoms with Crippen LogP contribution in [0.3, 0.4) is 0 Å². The number of aromatic nitrogens is 1. The van der Waals surface area contributed by atoms with Crippen molar-refractivity contribution in [2.75, 3.05) is 6.61 Å². The van der Waals surface area contributed by atoms with Crippen LogP contribution < -0.4 is 4.74 Å². The number of aldehydes is 1. The van der Waals surface area contributed by atoms with Crippen LogP contribution in [0.15, 0.2) is 24.3 Å². The SMILES string of the molecule is C#CCOc1nc2cc(C)ccc2cc1C=O. The van der Waals surface area contributed by atoms with E-state index in [9.17, 15) is 4.79 Å². The Bertz CT molecular complexity index is 611. The fourth-order valence-electron chi connectivity index (χ4n) is 1.59. The number of carbonyl (C=O) groups excluding carboxylic acids is 1. The Morgan fingerprint density at radius 2 is 2.29 bits per heavy atom. The van der Waals surface area contributed by atoms with Gasteiger partial charge in [-0.15, -0.1) is 6.42 Å². The molecule has 3 heteroatoms. The molecule has 3 nitrogen and oxygen atoms in total. The monoisotopic (exact) mass is 225 g/mol. The van der Waals surface area contributed by atoms with Gasteiger partial charge in [-0.05, 0) is 24.6 Å². The summed E-state index contributed by atoms with van der Waals surface area (Å²) in [5.41, 5.74) is 2.31. The number of terminal acetylenes is 1. The molecule has 1 aromatic heterocycles. The first kappa shape index (κ1) is 11.2. The van der Waals surface area contributed by atoms with Crippen molar-refractivity contribution in [3.8, 4) is 18.2 Å². The number of nitrogens with zero attached hydrogens (tertiary/aromatic N) is 1. The quantitative estimate of drug-likeness (QED) is 0.594. The molecular weight excluding hydrogens is 214 g/mol. The highest BCUT2D eigenvalue weighted by Crippen LogP contribution is 2.21. The molecule has 0 saturated carbocycles. The Balaban J connectivity index is 2.57. The van der Waals surface area contributed by atoms with Crippen molar-refractivity contribution in [2.24, 2.45) is 0 Å². The van der Waals surface area contributed by atoms with Crippen LogP contribution in [0, 0.1) is 19.3 Å². The molecule has 17 heavy (non-hydrogen) atoms. The molecule has 1 aromatic carbocycles. The van der Waals surface area contributed by atoms with Crippen LogP contribution in [-0.4, -0.2) is 17.9 Å². The largest absolute Gasteiger partial charge is 0.464 e. The summed E-state index contributed by atoms with van der Waals surface area (Å²) in [4.78, 5) is 15.2. The summed E-state index contributed by atoms with van der Waals surface area (Å²) in [6.07, 6.45) is 5.83. The summed E-state index contributed by atoms with van der Waals surface area (Å²) in [5.74, 6) is 2.64. The van der Waals surface area contributed by atoms with Gasteiger partial charge in [0.05, 0.1) is 11.1 Å². The number of hydrogen-bond acceptors (Lipinski definition) is 3. The van der Waals surface area contributed by atoms with E-state index in [4.69, 9.17) is 11.2 Å². The lowest BCUT2D eigenvalue weighted by Crippen LogP contribution is -2.00. The number of fused-ring (bicyclic) bond motifs is 1. The Hall–Kier alpha value is -2.34. The highest BCUT2D eigenvalue weighted by molar-refractivity contribution is 5.88. The fraction of sp³-hybridized carbons (Fsp3) is 0.143. The number of carbonyl (C=O) groups is 1. The molecule has 0 aliphatic carbocycles. The van der Waals surface area contributed by atoms with Crippen LogP contribution >= 0.6 is 0 Å². The lowest BCUT2D eigenvalue weighted by atomic mass is 10.1. The molecule has 84 valence electrons. The van der Waals surface area contributed by atoms with Crippen molar-refractivity contribution >= 4 is 17.2 Å². The highest BCUT2D eigenvalue weighted by atomic mass is 16.5. The number of aryl methyl sites for hydroxylation is 1.